The summed E-state index contributed by atoms with van der Waals surface area (Å²) in [4.78, 5) is 6.04. The van der Waals surface area contributed by atoms with E-state index in [0.717, 1.165) is 24.3 Å². The van der Waals surface area contributed by atoms with Gasteiger partial charge in [0.25, 0.3) is 0 Å². The monoisotopic (exact) mass is 290 g/mol. The summed E-state index contributed by atoms with van der Waals surface area (Å²) >= 11 is 8.06. The van der Waals surface area contributed by atoms with Crippen LogP contribution in [-0.4, -0.2) is 9.55 Å². The van der Waals surface area contributed by atoms with Gasteiger partial charge in [0.15, 0.2) is 0 Å². The lowest BCUT2D eigenvalue weighted by Crippen LogP contribution is -2.06. The van der Waals surface area contributed by atoms with Crippen molar-refractivity contribution in [2.24, 2.45) is 0 Å². The Hall–Kier alpha value is -1.32. The van der Waals surface area contributed by atoms with E-state index < -0.39 is 0 Å². The van der Waals surface area contributed by atoms with Crippen LogP contribution >= 0.6 is 22.9 Å². The smallest absolute Gasteiger partial charge is 0.127 e. The molecule has 2 heterocycles. The standard InChI is InChI=1S/C15H15ClN2S/c1-11(16)15-17-13-6-2-3-7-14(13)18(15)9-8-12-5-4-10-19-12/h2-7,10-11H,8-9H2,1H3. The molecule has 3 aromatic rings. The number of nitrogens with zero attached hydrogens (tertiary/aromatic N) is 2. The van der Waals surface area contributed by atoms with Crippen molar-refractivity contribution in [1.29, 1.82) is 0 Å². The molecule has 0 saturated heterocycles. The number of hydrogen-bond acceptors (Lipinski definition) is 2. The van der Waals surface area contributed by atoms with Gasteiger partial charge < -0.3 is 4.57 Å². The van der Waals surface area contributed by atoms with E-state index in [9.17, 15) is 0 Å². The number of hydrogen-bond donors (Lipinski definition) is 0. The van der Waals surface area contributed by atoms with Crippen LogP contribution in [0.1, 0.15) is 23.0 Å². The third kappa shape index (κ3) is 2.53. The molecule has 19 heavy (non-hydrogen) atoms. The fourth-order valence-corrected chi connectivity index (χ4v) is 3.17. The van der Waals surface area contributed by atoms with Crippen molar-refractivity contribution < 1.29 is 0 Å². The quantitative estimate of drug-likeness (QED) is 0.640. The van der Waals surface area contributed by atoms with Crippen LogP contribution in [-0.2, 0) is 13.0 Å². The Balaban J connectivity index is 1.97. The van der Waals surface area contributed by atoms with E-state index in [0.29, 0.717) is 0 Å². The van der Waals surface area contributed by atoms with Crippen LogP contribution in [0, 0.1) is 0 Å². The van der Waals surface area contributed by atoms with Crippen LogP contribution in [0.25, 0.3) is 11.0 Å². The predicted octanol–water partition coefficient (Wildman–Crippen LogP) is 4.64. The van der Waals surface area contributed by atoms with Gasteiger partial charge in [-0.3, -0.25) is 0 Å². The van der Waals surface area contributed by atoms with Crippen molar-refractivity contribution in [3.05, 3.63) is 52.5 Å². The second-order valence-corrected chi connectivity index (χ2v) is 6.24. The van der Waals surface area contributed by atoms with E-state index in [1.807, 2.05) is 25.1 Å². The van der Waals surface area contributed by atoms with Crippen molar-refractivity contribution in [1.82, 2.24) is 9.55 Å². The molecular formula is C15H15ClN2S. The van der Waals surface area contributed by atoms with Gasteiger partial charge in [0.1, 0.15) is 5.82 Å². The maximum atomic E-state index is 6.26. The Morgan fingerprint density at radius 1 is 1.26 bits per heavy atom. The molecule has 0 fully saturated rings. The second kappa shape index (κ2) is 5.35. The second-order valence-electron chi connectivity index (χ2n) is 4.56. The number of halogens is 1. The minimum absolute atomic E-state index is 0.0734. The van der Waals surface area contributed by atoms with E-state index in [4.69, 9.17) is 11.6 Å². The fourth-order valence-electron chi connectivity index (χ4n) is 2.31. The van der Waals surface area contributed by atoms with Crippen molar-refractivity contribution >= 4 is 34.0 Å². The molecule has 2 aromatic heterocycles. The minimum atomic E-state index is -0.0734. The summed E-state index contributed by atoms with van der Waals surface area (Å²) in [5.41, 5.74) is 2.19. The molecule has 0 radical (unpaired) electrons. The third-order valence-corrected chi connectivity index (χ3v) is 4.33. The molecule has 1 aromatic carbocycles. The average molecular weight is 291 g/mol. The van der Waals surface area contributed by atoms with Crippen molar-refractivity contribution in [3.63, 3.8) is 0 Å². The molecular weight excluding hydrogens is 276 g/mol. The van der Waals surface area contributed by atoms with Crippen LogP contribution in [0.3, 0.4) is 0 Å². The van der Waals surface area contributed by atoms with Gasteiger partial charge in [0.05, 0.1) is 16.4 Å². The highest BCUT2D eigenvalue weighted by Gasteiger charge is 2.14. The molecule has 98 valence electrons. The first-order chi connectivity index (χ1) is 9.25. The number of benzene rings is 1. The summed E-state index contributed by atoms with van der Waals surface area (Å²) in [7, 11) is 0. The number of para-hydroxylation sites is 2. The molecule has 1 atom stereocenters. The number of thiophene rings is 1. The maximum Gasteiger partial charge on any atom is 0.127 e. The molecule has 0 aliphatic rings. The fraction of sp³-hybridized carbons (Fsp3) is 0.267. The Morgan fingerprint density at radius 3 is 2.84 bits per heavy atom. The number of aromatic nitrogens is 2. The van der Waals surface area contributed by atoms with Gasteiger partial charge in [-0.25, -0.2) is 4.98 Å². The highest BCUT2D eigenvalue weighted by molar-refractivity contribution is 7.09. The number of imidazole rings is 1. The van der Waals surface area contributed by atoms with Crippen LogP contribution in [0.4, 0.5) is 0 Å². The van der Waals surface area contributed by atoms with Gasteiger partial charge in [-0.05, 0) is 36.9 Å². The van der Waals surface area contributed by atoms with Gasteiger partial charge in [-0.15, -0.1) is 22.9 Å². The molecule has 2 nitrogen and oxygen atoms in total. The van der Waals surface area contributed by atoms with E-state index in [1.165, 1.54) is 10.4 Å². The first-order valence-electron chi connectivity index (χ1n) is 6.37. The van der Waals surface area contributed by atoms with Gasteiger partial charge in [0, 0.05) is 11.4 Å². The number of rotatable bonds is 4. The summed E-state index contributed by atoms with van der Waals surface area (Å²) in [6.07, 6.45) is 1.02. The van der Waals surface area contributed by atoms with Gasteiger partial charge in [-0.1, -0.05) is 18.2 Å². The first-order valence-corrected chi connectivity index (χ1v) is 7.69. The highest BCUT2D eigenvalue weighted by Crippen LogP contribution is 2.25. The summed E-state index contributed by atoms with van der Waals surface area (Å²) in [6, 6.07) is 12.5. The van der Waals surface area contributed by atoms with Gasteiger partial charge in [-0.2, -0.15) is 0 Å². The lowest BCUT2D eigenvalue weighted by atomic mass is 10.3. The summed E-state index contributed by atoms with van der Waals surface area (Å²) in [5, 5.41) is 2.04. The third-order valence-electron chi connectivity index (χ3n) is 3.20. The summed E-state index contributed by atoms with van der Waals surface area (Å²) in [5.74, 6) is 0.958. The molecule has 3 rings (SSSR count). The maximum absolute atomic E-state index is 6.26. The molecule has 0 saturated carbocycles. The van der Waals surface area contributed by atoms with E-state index in [2.05, 4.69) is 33.1 Å². The van der Waals surface area contributed by atoms with Crippen molar-refractivity contribution in [3.8, 4) is 0 Å². The van der Waals surface area contributed by atoms with Crippen LogP contribution in [0.2, 0.25) is 0 Å². The predicted molar refractivity (Wildman–Crippen MR) is 82.0 cm³/mol. The molecule has 0 amide bonds. The summed E-state index contributed by atoms with van der Waals surface area (Å²) in [6.45, 7) is 2.90. The van der Waals surface area contributed by atoms with Crippen LogP contribution in [0.5, 0.6) is 0 Å². The SMILES string of the molecule is CC(Cl)c1nc2ccccc2n1CCc1cccs1. The Kier molecular flexibility index (Phi) is 3.58. The van der Waals surface area contributed by atoms with Crippen LogP contribution < -0.4 is 0 Å². The summed E-state index contributed by atoms with van der Waals surface area (Å²) < 4.78 is 2.24. The lowest BCUT2D eigenvalue weighted by molar-refractivity contribution is 0.672. The molecule has 0 aliphatic carbocycles. The van der Waals surface area contributed by atoms with Gasteiger partial charge >= 0.3 is 0 Å². The zero-order valence-corrected chi connectivity index (χ0v) is 12.3. The number of alkyl halides is 1. The molecule has 0 N–H and O–H groups in total. The Labute approximate surface area is 121 Å². The highest BCUT2D eigenvalue weighted by atomic mass is 35.5. The Morgan fingerprint density at radius 2 is 2.11 bits per heavy atom. The Bertz CT molecular complexity index is 671. The zero-order chi connectivity index (χ0) is 13.2. The minimum Gasteiger partial charge on any atom is -0.326 e. The molecule has 0 bridgehead atoms. The average Bonchev–Trinajstić information content (AvgIpc) is 3.03. The van der Waals surface area contributed by atoms with Crippen LogP contribution in [0.15, 0.2) is 41.8 Å². The van der Waals surface area contributed by atoms with Crippen molar-refractivity contribution in [2.75, 3.05) is 0 Å². The largest absolute Gasteiger partial charge is 0.326 e. The molecule has 0 aliphatic heterocycles. The topological polar surface area (TPSA) is 17.8 Å². The first kappa shape index (κ1) is 12.7. The van der Waals surface area contributed by atoms with E-state index in [-0.39, 0.29) is 5.38 Å². The van der Waals surface area contributed by atoms with E-state index >= 15 is 0 Å². The normalized spacial score (nSPS) is 12.9. The van der Waals surface area contributed by atoms with E-state index in [1.54, 1.807) is 11.3 Å². The molecule has 1 unspecified atom stereocenters. The molecule has 4 heteroatoms. The number of fused-ring (bicyclic) bond motifs is 1. The lowest BCUT2D eigenvalue weighted by Gasteiger charge is -2.09. The number of aryl methyl sites for hydroxylation is 2. The zero-order valence-electron chi connectivity index (χ0n) is 10.7. The van der Waals surface area contributed by atoms with Gasteiger partial charge in [0.2, 0.25) is 0 Å². The molecule has 0 spiro atoms. The van der Waals surface area contributed by atoms with Crippen molar-refractivity contribution in [2.45, 2.75) is 25.3 Å².